The van der Waals surface area contributed by atoms with Crippen LogP contribution in [-0.4, -0.2) is 46.2 Å². The molecule has 12 heteroatoms. The molecule has 0 aliphatic carbocycles. The van der Waals surface area contributed by atoms with Crippen LogP contribution in [0.2, 0.25) is 0 Å². The Balaban J connectivity index is 1.38. The molecule has 0 saturated heterocycles. The Bertz CT molecular complexity index is 1640. The summed E-state index contributed by atoms with van der Waals surface area (Å²) in [5.74, 6) is 0.486. The highest BCUT2D eigenvalue weighted by atomic mass is 32.2. The molecule has 224 valence electrons. The minimum absolute atomic E-state index is 0.0398. The summed E-state index contributed by atoms with van der Waals surface area (Å²) in [6.45, 7) is 3.52. The van der Waals surface area contributed by atoms with Gasteiger partial charge < -0.3 is 19.2 Å². The average molecular weight is 605 g/mol. The highest BCUT2D eigenvalue weighted by molar-refractivity contribution is 7.92. The lowest BCUT2D eigenvalue weighted by Crippen LogP contribution is -2.39. The van der Waals surface area contributed by atoms with E-state index in [0.29, 0.717) is 29.4 Å². The lowest BCUT2D eigenvalue weighted by Gasteiger charge is -2.25. The predicted molar refractivity (Wildman–Crippen MR) is 162 cm³/mol. The van der Waals surface area contributed by atoms with Gasteiger partial charge in [-0.1, -0.05) is 29.8 Å². The smallest absolute Gasteiger partial charge is 0.264 e. The third kappa shape index (κ3) is 8.69. The molecular weight excluding hydrogens is 572 g/mol. The van der Waals surface area contributed by atoms with Crippen molar-refractivity contribution in [1.29, 1.82) is 0 Å². The van der Waals surface area contributed by atoms with E-state index in [1.54, 1.807) is 79.7 Å². The molecule has 0 aliphatic heterocycles. The van der Waals surface area contributed by atoms with Crippen molar-refractivity contribution in [3.63, 3.8) is 0 Å². The number of nitrogens with one attached hydrogen (secondary N) is 2. The highest BCUT2D eigenvalue weighted by Gasteiger charge is 2.29. The topological polar surface area (TPSA) is 140 Å². The van der Waals surface area contributed by atoms with Gasteiger partial charge in [-0.15, -0.1) is 0 Å². The Morgan fingerprint density at radius 2 is 1.67 bits per heavy atom. The van der Waals surface area contributed by atoms with Crippen LogP contribution in [0.5, 0.6) is 11.5 Å². The molecule has 4 aromatic rings. The molecule has 0 bridgehead atoms. The van der Waals surface area contributed by atoms with Crippen molar-refractivity contribution in [2.75, 3.05) is 24.1 Å². The van der Waals surface area contributed by atoms with Gasteiger partial charge in [0.15, 0.2) is 6.61 Å². The van der Waals surface area contributed by atoms with Crippen molar-refractivity contribution in [1.82, 2.24) is 10.7 Å². The summed E-state index contributed by atoms with van der Waals surface area (Å²) >= 11 is 0. The zero-order valence-electron chi connectivity index (χ0n) is 23.7. The van der Waals surface area contributed by atoms with E-state index in [2.05, 4.69) is 15.8 Å². The zero-order valence-corrected chi connectivity index (χ0v) is 24.5. The van der Waals surface area contributed by atoms with Gasteiger partial charge in [0.1, 0.15) is 23.8 Å². The minimum atomic E-state index is -4.12. The van der Waals surface area contributed by atoms with Crippen molar-refractivity contribution >= 4 is 33.7 Å². The van der Waals surface area contributed by atoms with Crippen LogP contribution in [0.4, 0.5) is 5.69 Å². The first-order chi connectivity index (χ1) is 20.8. The summed E-state index contributed by atoms with van der Waals surface area (Å²) in [5.41, 5.74) is 4.16. The molecule has 0 atom stereocenters. The largest absolute Gasteiger partial charge is 0.492 e. The molecule has 0 saturated carbocycles. The van der Waals surface area contributed by atoms with Crippen molar-refractivity contribution in [3.8, 4) is 11.5 Å². The fraction of sp³-hybridized carbons (Fsp3) is 0.194. The third-order valence-corrected chi connectivity index (χ3v) is 7.80. The van der Waals surface area contributed by atoms with Crippen LogP contribution in [-0.2, 0) is 26.2 Å². The molecule has 1 heterocycles. The third-order valence-electron chi connectivity index (χ3n) is 6.02. The number of rotatable bonds is 14. The van der Waals surface area contributed by atoms with Gasteiger partial charge in [0.25, 0.3) is 21.8 Å². The molecule has 3 aromatic carbocycles. The number of para-hydroxylation sites is 2. The maximum atomic E-state index is 13.7. The number of hydrogen-bond acceptors (Lipinski definition) is 8. The number of benzene rings is 3. The molecule has 2 N–H and O–H groups in total. The summed E-state index contributed by atoms with van der Waals surface area (Å²) in [4.78, 5) is 24.9. The van der Waals surface area contributed by atoms with Crippen LogP contribution >= 0.6 is 0 Å². The van der Waals surface area contributed by atoms with Gasteiger partial charge in [-0.3, -0.25) is 13.9 Å². The van der Waals surface area contributed by atoms with Gasteiger partial charge in [-0.05, 0) is 80.1 Å². The molecule has 2 amide bonds. The van der Waals surface area contributed by atoms with Gasteiger partial charge in [0, 0.05) is 0 Å². The number of anilines is 1. The van der Waals surface area contributed by atoms with Crippen LogP contribution in [0, 0.1) is 6.92 Å². The van der Waals surface area contributed by atoms with Crippen LogP contribution in [0.1, 0.15) is 23.8 Å². The predicted octanol–water partition coefficient (Wildman–Crippen LogP) is 4.03. The maximum Gasteiger partial charge on any atom is 0.264 e. The summed E-state index contributed by atoms with van der Waals surface area (Å²) in [7, 11) is -4.12. The lowest BCUT2D eigenvalue weighted by molar-refractivity contribution is -0.123. The summed E-state index contributed by atoms with van der Waals surface area (Å²) < 4.78 is 44.6. The number of carbonyl (C=O) groups excluding carboxylic acids is 2. The van der Waals surface area contributed by atoms with Crippen LogP contribution in [0.25, 0.3) is 0 Å². The number of sulfonamides is 1. The van der Waals surface area contributed by atoms with E-state index < -0.39 is 22.5 Å². The van der Waals surface area contributed by atoms with E-state index in [1.807, 2.05) is 6.92 Å². The van der Waals surface area contributed by atoms with E-state index in [4.69, 9.17) is 13.9 Å². The molecule has 4 rings (SSSR count). The zero-order chi connectivity index (χ0) is 30.7. The van der Waals surface area contributed by atoms with Crippen molar-refractivity contribution in [2.24, 2.45) is 5.10 Å². The van der Waals surface area contributed by atoms with Crippen LogP contribution < -0.4 is 24.5 Å². The Morgan fingerprint density at radius 3 is 2.37 bits per heavy atom. The van der Waals surface area contributed by atoms with Gasteiger partial charge in [0.2, 0.25) is 0 Å². The first-order valence-corrected chi connectivity index (χ1v) is 14.9. The fourth-order valence-electron chi connectivity index (χ4n) is 3.87. The molecule has 0 radical (unpaired) electrons. The second kappa shape index (κ2) is 14.7. The normalized spacial score (nSPS) is 11.2. The average Bonchev–Trinajstić information content (AvgIpc) is 3.53. The quantitative estimate of drug-likeness (QED) is 0.164. The summed E-state index contributed by atoms with van der Waals surface area (Å²) in [5, 5.41) is 6.67. The van der Waals surface area contributed by atoms with E-state index in [1.165, 1.54) is 24.6 Å². The summed E-state index contributed by atoms with van der Waals surface area (Å²) in [6.07, 6.45) is 2.94. The van der Waals surface area contributed by atoms with E-state index in [-0.39, 0.29) is 29.6 Å². The number of hydrazone groups is 1. The second-order valence-corrected chi connectivity index (χ2v) is 11.1. The highest BCUT2D eigenvalue weighted by Crippen LogP contribution is 2.32. The molecular formula is C31H32N4O7S. The van der Waals surface area contributed by atoms with Crippen LogP contribution in [0.15, 0.2) is 106 Å². The van der Waals surface area contributed by atoms with Gasteiger partial charge in [-0.25, -0.2) is 13.8 Å². The molecule has 0 fully saturated rings. The van der Waals surface area contributed by atoms with Gasteiger partial charge >= 0.3 is 0 Å². The number of hydrogen-bond donors (Lipinski definition) is 2. The molecule has 0 spiro atoms. The standard InChI is InChI=1S/C31H32N4O7S/c1-3-40-29-9-5-4-8-28(29)35(43(38,39)27-16-10-23(2)11-17-27)21-30(36)34-33-19-24-12-14-25(15-13-24)42-22-31(37)32-20-26-7-6-18-41-26/h4-19H,3,20-22H2,1-2H3,(H,32,37)(H,34,36)/b33-19-. The number of nitrogens with zero attached hydrogens (tertiary/aromatic N) is 2. The van der Waals surface area contributed by atoms with Crippen molar-refractivity contribution in [2.45, 2.75) is 25.3 Å². The Labute approximate surface area is 250 Å². The first kappa shape index (κ1) is 30.8. The Hall–Kier alpha value is -5.10. The molecule has 0 aliphatic rings. The SMILES string of the molecule is CCOc1ccccc1N(CC(=O)N/N=C\c1ccc(OCC(=O)NCc2ccco2)cc1)S(=O)(=O)c1ccc(C)cc1. The number of aryl methyl sites for hydroxylation is 1. The Kier molecular flexibility index (Phi) is 10.5. The molecule has 0 unspecified atom stereocenters. The summed E-state index contributed by atoms with van der Waals surface area (Å²) in [6, 6.07) is 23.2. The second-order valence-electron chi connectivity index (χ2n) is 9.23. The molecule has 1 aromatic heterocycles. The Morgan fingerprint density at radius 1 is 0.930 bits per heavy atom. The fourth-order valence-corrected chi connectivity index (χ4v) is 5.30. The van der Waals surface area contributed by atoms with Gasteiger partial charge in [-0.2, -0.15) is 5.10 Å². The van der Waals surface area contributed by atoms with E-state index in [0.717, 1.165) is 9.87 Å². The first-order valence-electron chi connectivity index (χ1n) is 13.4. The van der Waals surface area contributed by atoms with Gasteiger partial charge in [0.05, 0.1) is 36.2 Å². The van der Waals surface area contributed by atoms with Crippen molar-refractivity contribution in [3.05, 3.63) is 108 Å². The van der Waals surface area contributed by atoms with Crippen molar-refractivity contribution < 1.29 is 31.9 Å². The molecule has 43 heavy (non-hydrogen) atoms. The molecule has 11 nitrogen and oxygen atoms in total. The number of furan rings is 1. The van der Waals surface area contributed by atoms with E-state index in [9.17, 15) is 18.0 Å². The van der Waals surface area contributed by atoms with Crippen LogP contribution in [0.3, 0.4) is 0 Å². The number of carbonyl (C=O) groups is 2. The monoisotopic (exact) mass is 604 g/mol. The lowest BCUT2D eigenvalue weighted by atomic mass is 10.2. The maximum absolute atomic E-state index is 13.7. The van der Waals surface area contributed by atoms with E-state index >= 15 is 0 Å². The number of amides is 2. The number of ether oxygens (including phenoxy) is 2. The minimum Gasteiger partial charge on any atom is -0.492 e.